The number of nitrogens with zero attached hydrogens (tertiary/aromatic N) is 2. The van der Waals surface area contributed by atoms with E-state index in [4.69, 9.17) is 0 Å². The largest absolute Gasteiger partial charge is 0.375 e. The summed E-state index contributed by atoms with van der Waals surface area (Å²) >= 11 is 0. The van der Waals surface area contributed by atoms with Crippen LogP contribution in [0.25, 0.3) is 0 Å². The molecule has 0 amide bonds. The van der Waals surface area contributed by atoms with Crippen molar-refractivity contribution >= 4 is 5.69 Å². The van der Waals surface area contributed by atoms with Gasteiger partial charge < -0.3 is 10.2 Å². The fourth-order valence-electron chi connectivity index (χ4n) is 1.86. The van der Waals surface area contributed by atoms with E-state index in [-0.39, 0.29) is 0 Å². The summed E-state index contributed by atoms with van der Waals surface area (Å²) in [6.07, 6.45) is 2.90. The number of hydrogen-bond acceptors (Lipinski definition) is 3. The van der Waals surface area contributed by atoms with Gasteiger partial charge in [-0.05, 0) is 31.2 Å². The number of aromatic nitrogens is 2. The Hall–Kier alpha value is -1.81. The Balaban J connectivity index is 1.61. The normalized spacial score (nSPS) is 10.5. The van der Waals surface area contributed by atoms with Crippen LogP contribution in [0, 0.1) is 0 Å². The van der Waals surface area contributed by atoms with Crippen LogP contribution in [0.1, 0.15) is 12.1 Å². The topological polar surface area (TPSA) is 44.0 Å². The zero-order chi connectivity index (χ0) is 12.6. The molecule has 0 bridgehead atoms. The molecule has 96 valence electrons. The van der Waals surface area contributed by atoms with Gasteiger partial charge >= 0.3 is 0 Å². The van der Waals surface area contributed by atoms with E-state index in [9.17, 15) is 0 Å². The number of benzene rings is 1. The molecule has 1 aromatic carbocycles. The Labute approximate surface area is 108 Å². The van der Waals surface area contributed by atoms with Crippen LogP contribution in [0.2, 0.25) is 0 Å². The summed E-state index contributed by atoms with van der Waals surface area (Å²) in [6, 6.07) is 12.5. The molecule has 0 saturated carbocycles. The van der Waals surface area contributed by atoms with Crippen molar-refractivity contribution in [1.29, 1.82) is 0 Å². The first-order valence-corrected chi connectivity index (χ1v) is 6.31. The standard InChI is InChI=1S/C14H20N4/c1-18(14-6-3-2-4-7-14)11-5-9-15-12-13-8-10-16-17-13/h2-4,6-8,10,15H,5,9,11-12H2,1H3,(H,16,17). The molecule has 4 nitrogen and oxygen atoms in total. The van der Waals surface area contributed by atoms with Gasteiger partial charge in [0.05, 0.1) is 0 Å². The molecular formula is C14H20N4. The third-order valence-electron chi connectivity index (χ3n) is 2.92. The second kappa shape index (κ2) is 6.81. The summed E-state index contributed by atoms with van der Waals surface area (Å²) in [5.41, 5.74) is 2.40. The number of para-hydroxylation sites is 1. The van der Waals surface area contributed by atoms with Crippen molar-refractivity contribution in [2.75, 3.05) is 25.0 Å². The lowest BCUT2D eigenvalue weighted by atomic mass is 10.3. The van der Waals surface area contributed by atoms with Gasteiger partial charge in [0.15, 0.2) is 0 Å². The fourth-order valence-corrected chi connectivity index (χ4v) is 1.86. The third-order valence-corrected chi connectivity index (χ3v) is 2.92. The molecule has 0 unspecified atom stereocenters. The van der Waals surface area contributed by atoms with Crippen LogP contribution in [0.4, 0.5) is 5.69 Å². The van der Waals surface area contributed by atoms with Gasteiger partial charge in [-0.1, -0.05) is 18.2 Å². The zero-order valence-corrected chi connectivity index (χ0v) is 10.8. The van der Waals surface area contributed by atoms with E-state index in [1.165, 1.54) is 5.69 Å². The Bertz CT molecular complexity index is 424. The maximum absolute atomic E-state index is 3.92. The monoisotopic (exact) mass is 244 g/mol. The van der Waals surface area contributed by atoms with Gasteiger partial charge in [-0.3, -0.25) is 5.10 Å². The smallest absolute Gasteiger partial charge is 0.0490 e. The fraction of sp³-hybridized carbons (Fsp3) is 0.357. The maximum Gasteiger partial charge on any atom is 0.0490 e. The molecule has 2 N–H and O–H groups in total. The van der Waals surface area contributed by atoms with Crippen molar-refractivity contribution in [2.45, 2.75) is 13.0 Å². The van der Waals surface area contributed by atoms with Crippen molar-refractivity contribution in [3.05, 3.63) is 48.3 Å². The molecule has 0 saturated heterocycles. The quantitative estimate of drug-likeness (QED) is 0.732. The third kappa shape index (κ3) is 3.89. The van der Waals surface area contributed by atoms with E-state index in [0.717, 1.165) is 31.7 Å². The summed E-state index contributed by atoms with van der Waals surface area (Å²) in [4.78, 5) is 2.28. The lowest BCUT2D eigenvalue weighted by molar-refractivity contribution is 0.636. The molecule has 2 rings (SSSR count). The minimum absolute atomic E-state index is 0.856. The highest BCUT2D eigenvalue weighted by Gasteiger charge is 1.99. The molecule has 18 heavy (non-hydrogen) atoms. The van der Waals surface area contributed by atoms with E-state index >= 15 is 0 Å². The summed E-state index contributed by atoms with van der Waals surface area (Å²) < 4.78 is 0. The van der Waals surface area contributed by atoms with Gasteiger partial charge in [0.1, 0.15) is 0 Å². The van der Waals surface area contributed by atoms with Gasteiger partial charge in [-0.25, -0.2) is 0 Å². The molecule has 1 aromatic heterocycles. The SMILES string of the molecule is CN(CCCNCc1ccn[nH]1)c1ccccc1. The lowest BCUT2D eigenvalue weighted by Crippen LogP contribution is -2.23. The molecule has 4 heteroatoms. The predicted molar refractivity (Wildman–Crippen MR) is 74.6 cm³/mol. The highest BCUT2D eigenvalue weighted by Crippen LogP contribution is 2.10. The average Bonchev–Trinajstić information content (AvgIpc) is 2.92. The zero-order valence-electron chi connectivity index (χ0n) is 10.8. The summed E-state index contributed by atoms with van der Waals surface area (Å²) in [5, 5.41) is 10.3. The molecule has 1 heterocycles. The van der Waals surface area contributed by atoms with Crippen LogP contribution in [-0.2, 0) is 6.54 Å². The van der Waals surface area contributed by atoms with E-state index in [1.54, 1.807) is 6.20 Å². The number of rotatable bonds is 7. The minimum Gasteiger partial charge on any atom is -0.375 e. The van der Waals surface area contributed by atoms with Gasteiger partial charge in [0.25, 0.3) is 0 Å². The maximum atomic E-state index is 3.92. The molecule has 0 aliphatic rings. The second-order valence-electron chi connectivity index (χ2n) is 4.37. The Morgan fingerprint density at radius 2 is 2.06 bits per heavy atom. The molecule has 0 aliphatic heterocycles. The van der Waals surface area contributed by atoms with Crippen LogP contribution in [0.15, 0.2) is 42.6 Å². The van der Waals surface area contributed by atoms with Crippen molar-refractivity contribution < 1.29 is 0 Å². The average molecular weight is 244 g/mol. The number of nitrogens with one attached hydrogen (secondary N) is 2. The van der Waals surface area contributed by atoms with Crippen molar-refractivity contribution in [3.63, 3.8) is 0 Å². The summed E-state index contributed by atoms with van der Waals surface area (Å²) in [7, 11) is 2.13. The molecule has 2 aromatic rings. The Morgan fingerprint density at radius 1 is 1.22 bits per heavy atom. The molecule has 0 atom stereocenters. The van der Waals surface area contributed by atoms with Gasteiger partial charge in [-0.15, -0.1) is 0 Å². The van der Waals surface area contributed by atoms with Gasteiger partial charge in [-0.2, -0.15) is 5.10 Å². The molecule has 0 spiro atoms. The van der Waals surface area contributed by atoms with Crippen LogP contribution < -0.4 is 10.2 Å². The first-order valence-electron chi connectivity index (χ1n) is 6.31. The molecule has 0 fully saturated rings. The number of anilines is 1. The molecular weight excluding hydrogens is 224 g/mol. The number of H-pyrrole nitrogens is 1. The lowest BCUT2D eigenvalue weighted by Gasteiger charge is -2.19. The Morgan fingerprint density at radius 3 is 2.78 bits per heavy atom. The van der Waals surface area contributed by atoms with E-state index in [1.807, 2.05) is 12.1 Å². The van der Waals surface area contributed by atoms with E-state index < -0.39 is 0 Å². The molecule has 0 radical (unpaired) electrons. The summed E-state index contributed by atoms with van der Waals surface area (Å²) in [5.74, 6) is 0. The number of aromatic amines is 1. The van der Waals surface area contributed by atoms with Crippen LogP contribution in [0.5, 0.6) is 0 Å². The highest BCUT2D eigenvalue weighted by atomic mass is 15.1. The van der Waals surface area contributed by atoms with Crippen LogP contribution in [0.3, 0.4) is 0 Å². The molecule has 0 aliphatic carbocycles. The summed E-state index contributed by atoms with van der Waals surface area (Å²) in [6.45, 7) is 2.92. The van der Waals surface area contributed by atoms with Crippen molar-refractivity contribution in [3.8, 4) is 0 Å². The highest BCUT2D eigenvalue weighted by molar-refractivity contribution is 5.44. The van der Waals surface area contributed by atoms with Crippen LogP contribution >= 0.6 is 0 Å². The number of hydrogen-bond donors (Lipinski definition) is 2. The minimum atomic E-state index is 0.856. The van der Waals surface area contributed by atoms with Gasteiger partial charge in [0, 0.05) is 37.7 Å². The second-order valence-corrected chi connectivity index (χ2v) is 4.37. The Kier molecular flexibility index (Phi) is 4.78. The van der Waals surface area contributed by atoms with Crippen LogP contribution in [-0.4, -0.2) is 30.3 Å². The first-order chi connectivity index (χ1) is 8.86. The van der Waals surface area contributed by atoms with Gasteiger partial charge in [0.2, 0.25) is 0 Å². The van der Waals surface area contributed by atoms with Crippen molar-refractivity contribution in [2.24, 2.45) is 0 Å². The van der Waals surface area contributed by atoms with E-state index in [0.29, 0.717) is 0 Å². The van der Waals surface area contributed by atoms with E-state index in [2.05, 4.69) is 51.7 Å². The first kappa shape index (κ1) is 12.6. The van der Waals surface area contributed by atoms with Crippen molar-refractivity contribution in [1.82, 2.24) is 15.5 Å². The predicted octanol–water partition coefficient (Wildman–Crippen LogP) is 2.03.